The molecule has 1 aromatic carbocycles. The molecule has 0 aliphatic carbocycles. The molecule has 1 aliphatic rings. The fraction of sp³-hybridized carbons (Fsp3) is 0.780. The Morgan fingerprint density at radius 1 is 0.679 bits per heavy atom. The molecular formula is C41H76N2O6Si4. The quantitative estimate of drug-likeness (QED) is 0.213. The topological polar surface area (TPSA) is 95.0 Å². The molecule has 2 heterocycles. The van der Waals surface area contributed by atoms with Crippen LogP contribution in [0.25, 0.3) is 10.9 Å². The summed E-state index contributed by atoms with van der Waals surface area (Å²) in [5, 5.41) is 11.0. The summed E-state index contributed by atoms with van der Waals surface area (Å²) < 4.78 is 43.3. The molecule has 0 spiro atoms. The first-order chi connectivity index (χ1) is 23.7. The predicted molar refractivity (Wildman–Crippen MR) is 231 cm³/mol. The summed E-state index contributed by atoms with van der Waals surface area (Å²) in [6, 6.07) is 8.42. The lowest BCUT2D eigenvalue weighted by atomic mass is 9.91. The molecule has 0 amide bonds. The standard InChI is InChI=1S/C41H76N2O6Si4/c1-38(2,3)50(14,15)45-27-31-34(47-51(16,17)39(4,5)6)36(48-52(18,19)40(7,8)9)37(49-53(20,21)41(10,11)12)35(46-31)33-28(25-26-42)32-29(43-33)23-22-24-30(32)44-13/h22-24,31,34-37,43H,25,27H2,1-21H3/t31-,34-,35+,36+,37+/m1/s1. The van der Waals surface area contributed by atoms with Gasteiger partial charge in [0.25, 0.3) is 0 Å². The van der Waals surface area contributed by atoms with Crippen molar-refractivity contribution in [2.24, 2.45) is 0 Å². The predicted octanol–water partition coefficient (Wildman–Crippen LogP) is 11.9. The minimum absolute atomic E-state index is 0.00949. The Morgan fingerprint density at radius 2 is 1.13 bits per heavy atom. The number of hydrogen-bond acceptors (Lipinski definition) is 7. The summed E-state index contributed by atoms with van der Waals surface area (Å²) in [6.07, 6.45) is -2.30. The number of benzene rings is 1. The number of ether oxygens (including phenoxy) is 2. The number of nitrogens with zero attached hydrogens (tertiary/aromatic N) is 1. The van der Waals surface area contributed by atoms with Crippen LogP contribution in [0.1, 0.15) is 100 Å². The van der Waals surface area contributed by atoms with Crippen LogP contribution in [0.3, 0.4) is 0 Å². The van der Waals surface area contributed by atoms with Gasteiger partial charge in [0.2, 0.25) is 0 Å². The van der Waals surface area contributed by atoms with Crippen molar-refractivity contribution in [2.45, 2.75) is 193 Å². The molecule has 0 saturated carbocycles. The van der Waals surface area contributed by atoms with Gasteiger partial charge < -0.3 is 32.2 Å². The van der Waals surface area contributed by atoms with E-state index in [9.17, 15) is 5.26 Å². The van der Waals surface area contributed by atoms with Crippen LogP contribution in [0.15, 0.2) is 18.2 Å². The maximum absolute atomic E-state index is 10.3. The molecule has 1 fully saturated rings. The summed E-state index contributed by atoms with van der Waals surface area (Å²) in [4.78, 5) is 3.74. The SMILES string of the molecule is COc1cccc2[nH]c([C@@H]3O[C@H](CO[Si](C)(C)C(C)(C)C)[C@@H](O[Si](C)(C)C(C)(C)C)[C@H](O[Si](C)(C)C(C)(C)C)[C@H]3O[Si](C)(C)C(C)(C)C)c(CC#N)c12. The van der Waals surface area contributed by atoms with Crippen molar-refractivity contribution in [2.75, 3.05) is 13.7 Å². The van der Waals surface area contributed by atoms with Gasteiger partial charge in [-0.05, 0) is 84.7 Å². The number of nitriles is 1. The van der Waals surface area contributed by atoms with E-state index in [0.717, 1.165) is 27.9 Å². The van der Waals surface area contributed by atoms with Gasteiger partial charge in [-0.15, -0.1) is 0 Å². The number of methoxy groups -OCH3 is 1. The van der Waals surface area contributed by atoms with Gasteiger partial charge in [-0.25, -0.2) is 0 Å². The molecule has 5 atom stereocenters. The van der Waals surface area contributed by atoms with Gasteiger partial charge in [0.1, 0.15) is 36.3 Å². The number of aromatic amines is 1. The van der Waals surface area contributed by atoms with Crippen LogP contribution < -0.4 is 4.74 Å². The number of nitrogens with one attached hydrogen (secondary N) is 1. The normalized spacial score (nSPS) is 23.0. The van der Waals surface area contributed by atoms with Crippen LogP contribution in [-0.2, 0) is 28.9 Å². The highest BCUT2D eigenvalue weighted by molar-refractivity contribution is 6.75. The second kappa shape index (κ2) is 15.6. The number of H-pyrrole nitrogens is 1. The minimum Gasteiger partial charge on any atom is -0.496 e. The molecule has 12 heteroatoms. The highest BCUT2D eigenvalue weighted by Gasteiger charge is 2.57. The van der Waals surface area contributed by atoms with Crippen molar-refractivity contribution >= 4 is 44.2 Å². The molecule has 1 N–H and O–H groups in total. The monoisotopic (exact) mass is 804 g/mol. The third-order valence-corrected chi connectivity index (χ3v) is 31.4. The lowest BCUT2D eigenvalue weighted by Crippen LogP contribution is -2.66. The Labute approximate surface area is 327 Å². The van der Waals surface area contributed by atoms with Crippen LogP contribution in [-0.4, -0.2) is 76.4 Å². The summed E-state index contributed by atoms with van der Waals surface area (Å²) in [5.41, 5.74) is 2.60. The molecule has 3 rings (SSSR count). The molecule has 2 aromatic rings. The zero-order valence-electron chi connectivity index (χ0n) is 37.4. The molecule has 53 heavy (non-hydrogen) atoms. The van der Waals surface area contributed by atoms with E-state index >= 15 is 0 Å². The Kier molecular flexibility index (Phi) is 13.5. The molecule has 0 radical (unpaired) electrons. The number of aromatic nitrogens is 1. The van der Waals surface area contributed by atoms with Crippen LogP contribution in [0, 0.1) is 11.3 Å². The van der Waals surface area contributed by atoms with Gasteiger partial charge in [0.05, 0.1) is 31.9 Å². The zero-order valence-corrected chi connectivity index (χ0v) is 41.4. The van der Waals surface area contributed by atoms with Crippen LogP contribution in [0.2, 0.25) is 72.5 Å². The zero-order chi connectivity index (χ0) is 41.0. The van der Waals surface area contributed by atoms with E-state index in [1.165, 1.54) is 0 Å². The van der Waals surface area contributed by atoms with Crippen molar-refractivity contribution in [3.8, 4) is 11.8 Å². The van der Waals surface area contributed by atoms with E-state index in [1.807, 2.05) is 18.2 Å². The number of fused-ring (bicyclic) bond motifs is 1. The molecule has 0 unspecified atom stereocenters. The third kappa shape index (κ3) is 9.82. The largest absolute Gasteiger partial charge is 0.496 e. The van der Waals surface area contributed by atoms with Crippen molar-refractivity contribution in [1.29, 1.82) is 5.26 Å². The second-order valence-corrected chi connectivity index (χ2v) is 40.5. The lowest BCUT2D eigenvalue weighted by Gasteiger charge is -2.55. The summed E-state index contributed by atoms with van der Waals surface area (Å²) in [5.74, 6) is 0.721. The summed E-state index contributed by atoms with van der Waals surface area (Å²) in [7, 11) is -7.83. The molecular weight excluding hydrogens is 729 g/mol. The van der Waals surface area contributed by atoms with Crippen molar-refractivity contribution < 1.29 is 27.2 Å². The van der Waals surface area contributed by atoms with E-state index < -0.39 is 63.8 Å². The molecule has 1 saturated heterocycles. The van der Waals surface area contributed by atoms with E-state index in [4.69, 9.17) is 27.2 Å². The van der Waals surface area contributed by atoms with Gasteiger partial charge in [-0.2, -0.15) is 5.26 Å². The molecule has 8 nitrogen and oxygen atoms in total. The first-order valence-electron chi connectivity index (χ1n) is 19.6. The van der Waals surface area contributed by atoms with Gasteiger partial charge >= 0.3 is 0 Å². The highest BCUT2D eigenvalue weighted by Crippen LogP contribution is 2.50. The number of hydrogen-bond donors (Lipinski definition) is 1. The van der Waals surface area contributed by atoms with E-state index in [2.05, 4.69) is 147 Å². The minimum atomic E-state index is -2.46. The molecule has 1 aliphatic heterocycles. The van der Waals surface area contributed by atoms with E-state index in [0.29, 0.717) is 6.61 Å². The van der Waals surface area contributed by atoms with Crippen molar-refractivity contribution in [1.82, 2.24) is 4.98 Å². The van der Waals surface area contributed by atoms with Gasteiger partial charge in [0, 0.05) is 16.5 Å². The Morgan fingerprint density at radius 3 is 1.57 bits per heavy atom. The fourth-order valence-electron chi connectivity index (χ4n) is 5.72. The Hall–Kier alpha value is -1.28. The van der Waals surface area contributed by atoms with Gasteiger partial charge in [-0.3, -0.25) is 0 Å². The smallest absolute Gasteiger partial charge is 0.192 e. The van der Waals surface area contributed by atoms with Crippen molar-refractivity contribution in [3.05, 3.63) is 29.5 Å². The first-order valence-corrected chi connectivity index (χ1v) is 31.2. The maximum atomic E-state index is 10.3. The summed E-state index contributed by atoms with van der Waals surface area (Å²) >= 11 is 0. The second-order valence-electron chi connectivity index (χ2n) is 21.4. The Balaban J connectivity index is 2.48. The maximum Gasteiger partial charge on any atom is 0.192 e. The Bertz CT molecular complexity index is 1600. The van der Waals surface area contributed by atoms with Gasteiger partial charge in [0.15, 0.2) is 33.3 Å². The third-order valence-electron chi connectivity index (χ3n) is 13.4. The molecule has 1 aromatic heterocycles. The summed E-state index contributed by atoms with van der Waals surface area (Å²) in [6.45, 7) is 46.2. The lowest BCUT2D eigenvalue weighted by molar-refractivity contribution is -0.219. The van der Waals surface area contributed by atoms with E-state index in [1.54, 1.807) is 7.11 Å². The molecule has 302 valence electrons. The van der Waals surface area contributed by atoms with Crippen LogP contribution in [0.5, 0.6) is 5.75 Å². The van der Waals surface area contributed by atoms with E-state index in [-0.39, 0.29) is 26.6 Å². The van der Waals surface area contributed by atoms with Crippen molar-refractivity contribution in [3.63, 3.8) is 0 Å². The average Bonchev–Trinajstić information content (AvgIpc) is 3.34. The highest BCUT2D eigenvalue weighted by atomic mass is 28.4. The van der Waals surface area contributed by atoms with Crippen LogP contribution in [0.4, 0.5) is 0 Å². The first kappa shape index (κ1) is 46.1. The average molecular weight is 805 g/mol. The molecule has 0 bridgehead atoms. The fourth-order valence-corrected chi connectivity index (χ4v) is 10.6. The van der Waals surface area contributed by atoms with Crippen LogP contribution >= 0.6 is 0 Å². The number of rotatable bonds is 12. The van der Waals surface area contributed by atoms with Gasteiger partial charge in [-0.1, -0.05) is 89.2 Å².